The second-order valence-corrected chi connectivity index (χ2v) is 5.21. The van der Waals surface area contributed by atoms with Crippen molar-refractivity contribution < 1.29 is 14.3 Å². The lowest BCUT2D eigenvalue weighted by Gasteiger charge is -2.24. The van der Waals surface area contributed by atoms with E-state index >= 15 is 0 Å². The van der Waals surface area contributed by atoms with Gasteiger partial charge < -0.3 is 19.7 Å². The largest absolute Gasteiger partial charge is 0.454 e. The van der Waals surface area contributed by atoms with E-state index in [0.717, 1.165) is 19.5 Å². The first-order chi connectivity index (χ1) is 9.78. The third-order valence-electron chi connectivity index (χ3n) is 3.89. The van der Waals surface area contributed by atoms with Gasteiger partial charge in [-0.2, -0.15) is 0 Å². The Hall–Kier alpha value is -1.75. The molecule has 1 saturated heterocycles. The van der Waals surface area contributed by atoms with Crippen LogP contribution in [0.2, 0.25) is 0 Å². The van der Waals surface area contributed by atoms with Gasteiger partial charge in [0.05, 0.1) is 0 Å². The normalized spacial score (nSPS) is 20.1. The average molecular weight is 276 g/mol. The van der Waals surface area contributed by atoms with Gasteiger partial charge in [0.25, 0.3) is 5.91 Å². The first-order valence-electron chi connectivity index (χ1n) is 7.20. The van der Waals surface area contributed by atoms with Crippen molar-refractivity contribution >= 4 is 5.91 Å². The van der Waals surface area contributed by atoms with Gasteiger partial charge in [0, 0.05) is 24.7 Å². The molecule has 1 fully saturated rings. The smallest absolute Gasteiger partial charge is 0.254 e. The molecule has 2 aliphatic rings. The summed E-state index contributed by atoms with van der Waals surface area (Å²) in [5.41, 5.74) is 0.661. The van der Waals surface area contributed by atoms with Crippen LogP contribution >= 0.6 is 0 Å². The zero-order valence-electron chi connectivity index (χ0n) is 11.7. The van der Waals surface area contributed by atoms with E-state index in [1.54, 1.807) is 18.2 Å². The van der Waals surface area contributed by atoms with E-state index in [-0.39, 0.29) is 12.7 Å². The number of carbonyl (C=O) groups is 1. The van der Waals surface area contributed by atoms with Gasteiger partial charge in [0.1, 0.15) is 0 Å². The second kappa shape index (κ2) is 5.71. The maximum absolute atomic E-state index is 12.6. The summed E-state index contributed by atoms with van der Waals surface area (Å²) in [4.78, 5) is 14.5. The molecule has 20 heavy (non-hydrogen) atoms. The van der Waals surface area contributed by atoms with Gasteiger partial charge in [-0.1, -0.05) is 0 Å². The summed E-state index contributed by atoms with van der Waals surface area (Å²) in [6.45, 7) is 4.78. The Labute approximate surface area is 118 Å². The molecule has 1 aromatic rings. The predicted molar refractivity (Wildman–Crippen MR) is 75.2 cm³/mol. The molecular weight excluding hydrogens is 256 g/mol. The highest BCUT2D eigenvalue weighted by atomic mass is 16.7. The molecule has 1 unspecified atom stereocenters. The summed E-state index contributed by atoms with van der Waals surface area (Å²) in [5.74, 6) is 1.42. The minimum atomic E-state index is 0.0551. The average Bonchev–Trinajstić information content (AvgIpc) is 3.14. The number of benzene rings is 1. The van der Waals surface area contributed by atoms with Gasteiger partial charge in [-0.25, -0.2) is 0 Å². The van der Waals surface area contributed by atoms with E-state index in [9.17, 15) is 4.79 Å². The van der Waals surface area contributed by atoms with Crippen molar-refractivity contribution in [3.63, 3.8) is 0 Å². The van der Waals surface area contributed by atoms with E-state index in [2.05, 4.69) is 5.32 Å². The number of hydrogen-bond donors (Lipinski definition) is 1. The summed E-state index contributed by atoms with van der Waals surface area (Å²) < 4.78 is 10.6. The Morgan fingerprint density at radius 2 is 2.25 bits per heavy atom. The molecule has 5 heteroatoms. The Bertz CT molecular complexity index is 498. The number of likely N-dealkylation sites (N-methyl/N-ethyl adjacent to an activating group) is 1. The van der Waals surface area contributed by atoms with Gasteiger partial charge >= 0.3 is 0 Å². The SMILES string of the molecule is CCN(CC1CCCN1)C(=O)c1ccc2c(c1)OCO2. The number of ether oxygens (including phenoxy) is 2. The van der Waals surface area contributed by atoms with E-state index < -0.39 is 0 Å². The van der Waals surface area contributed by atoms with Gasteiger partial charge in [0.2, 0.25) is 6.79 Å². The highest BCUT2D eigenvalue weighted by Crippen LogP contribution is 2.32. The molecular formula is C15H20N2O3. The number of nitrogens with one attached hydrogen (secondary N) is 1. The fourth-order valence-electron chi connectivity index (χ4n) is 2.75. The quantitative estimate of drug-likeness (QED) is 0.908. The summed E-state index contributed by atoms with van der Waals surface area (Å²) >= 11 is 0. The monoisotopic (exact) mass is 276 g/mol. The molecule has 0 spiro atoms. The lowest BCUT2D eigenvalue weighted by molar-refractivity contribution is 0.0751. The van der Waals surface area contributed by atoms with E-state index in [4.69, 9.17) is 9.47 Å². The van der Waals surface area contributed by atoms with Crippen LogP contribution < -0.4 is 14.8 Å². The Morgan fingerprint density at radius 1 is 1.40 bits per heavy atom. The van der Waals surface area contributed by atoms with Gasteiger partial charge in [-0.3, -0.25) is 4.79 Å². The zero-order valence-corrected chi connectivity index (χ0v) is 11.7. The number of nitrogens with zero attached hydrogens (tertiary/aromatic N) is 1. The van der Waals surface area contributed by atoms with Crippen LogP contribution in [0.25, 0.3) is 0 Å². The third kappa shape index (κ3) is 2.58. The van der Waals surface area contributed by atoms with Crippen molar-refractivity contribution in [3.05, 3.63) is 23.8 Å². The highest BCUT2D eigenvalue weighted by molar-refractivity contribution is 5.95. The lowest BCUT2D eigenvalue weighted by Crippen LogP contribution is -2.41. The summed E-state index contributed by atoms with van der Waals surface area (Å²) in [5, 5.41) is 3.43. The van der Waals surface area contributed by atoms with Gasteiger partial charge in [-0.05, 0) is 44.5 Å². The first-order valence-corrected chi connectivity index (χ1v) is 7.20. The summed E-state index contributed by atoms with van der Waals surface area (Å²) in [6, 6.07) is 5.81. The lowest BCUT2D eigenvalue weighted by atomic mass is 10.1. The molecule has 1 N–H and O–H groups in total. The molecule has 5 nitrogen and oxygen atoms in total. The van der Waals surface area contributed by atoms with Crippen LogP contribution in [0.5, 0.6) is 11.5 Å². The molecule has 1 atom stereocenters. The Kier molecular flexibility index (Phi) is 3.78. The number of fused-ring (bicyclic) bond motifs is 1. The predicted octanol–water partition coefficient (Wildman–Crippen LogP) is 1.63. The van der Waals surface area contributed by atoms with Crippen LogP contribution in [-0.4, -0.2) is 43.3 Å². The van der Waals surface area contributed by atoms with E-state index in [0.29, 0.717) is 29.6 Å². The van der Waals surface area contributed by atoms with E-state index in [1.807, 2.05) is 11.8 Å². The molecule has 1 amide bonds. The number of hydrogen-bond acceptors (Lipinski definition) is 4. The molecule has 2 aliphatic heterocycles. The van der Waals surface area contributed by atoms with Crippen LogP contribution in [0.15, 0.2) is 18.2 Å². The number of amides is 1. The van der Waals surface area contributed by atoms with Crippen LogP contribution in [0.4, 0.5) is 0 Å². The van der Waals surface area contributed by atoms with Crippen molar-refractivity contribution in [1.29, 1.82) is 0 Å². The molecule has 0 radical (unpaired) electrons. The van der Waals surface area contributed by atoms with Crippen molar-refractivity contribution in [2.24, 2.45) is 0 Å². The maximum atomic E-state index is 12.6. The minimum Gasteiger partial charge on any atom is -0.454 e. The fourth-order valence-corrected chi connectivity index (χ4v) is 2.75. The first kappa shape index (κ1) is 13.2. The highest BCUT2D eigenvalue weighted by Gasteiger charge is 2.23. The molecule has 3 rings (SSSR count). The Balaban J connectivity index is 1.72. The fraction of sp³-hybridized carbons (Fsp3) is 0.533. The molecule has 2 heterocycles. The zero-order chi connectivity index (χ0) is 13.9. The van der Waals surface area contributed by atoms with E-state index in [1.165, 1.54) is 6.42 Å². The van der Waals surface area contributed by atoms with Crippen molar-refractivity contribution in [3.8, 4) is 11.5 Å². The van der Waals surface area contributed by atoms with Gasteiger partial charge in [-0.15, -0.1) is 0 Å². The van der Waals surface area contributed by atoms with Crippen molar-refractivity contribution in [2.45, 2.75) is 25.8 Å². The standard InChI is InChI=1S/C15H20N2O3/c1-2-17(9-12-4-3-7-16-12)15(18)11-5-6-13-14(8-11)20-10-19-13/h5-6,8,12,16H,2-4,7,9-10H2,1H3. The summed E-state index contributed by atoms with van der Waals surface area (Å²) in [6.07, 6.45) is 2.34. The molecule has 108 valence electrons. The molecule has 1 aromatic carbocycles. The van der Waals surface area contributed by atoms with Crippen LogP contribution in [0.1, 0.15) is 30.1 Å². The van der Waals surface area contributed by atoms with Crippen LogP contribution in [-0.2, 0) is 0 Å². The van der Waals surface area contributed by atoms with Gasteiger partial charge in [0.15, 0.2) is 11.5 Å². The number of carbonyl (C=O) groups excluding carboxylic acids is 1. The third-order valence-corrected chi connectivity index (χ3v) is 3.89. The van der Waals surface area contributed by atoms with Crippen molar-refractivity contribution in [1.82, 2.24) is 10.2 Å². The van der Waals surface area contributed by atoms with Crippen LogP contribution in [0, 0.1) is 0 Å². The second-order valence-electron chi connectivity index (χ2n) is 5.21. The summed E-state index contributed by atoms with van der Waals surface area (Å²) in [7, 11) is 0. The molecule has 0 saturated carbocycles. The molecule has 0 bridgehead atoms. The molecule has 0 aliphatic carbocycles. The molecule has 0 aromatic heterocycles. The minimum absolute atomic E-state index is 0.0551. The number of rotatable bonds is 4. The topological polar surface area (TPSA) is 50.8 Å². The van der Waals surface area contributed by atoms with Crippen molar-refractivity contribution in [2.75, 3.05) is 26.4 Å². The Morgan fingerprint density at radius 3 is 3.00 bits per heavy atom. The van der Waals surface area contributed by atoms with Crippen LogP contribution in [0.3, 0.4) is 0 Å². The maximum Gasteiger partial charge on any atom is 0.254 e.